The zero-order valence-corrected chi connectivity index (χ0v) is 13.7. The lowest BCUT2D eigenvalue weighted by Gasteiger charge is -2.35. The summed E-state index contributed by atoms with van der Waals surface area (Å²) in [6.45, 7) is 11.7. The zero-order chi connectivity index (χ0) is 14.7. The van der Waals surface area contributed by atoms with Crippen molar-refractivity contribution in [3.05, 3.63) is 0 Å². The second kappa shape index (κ2) is 6.24. The molecule has 1 amide bonds. The van der Waals surface area contributed by atoms with Gasteiger partial charge in [0, 0.05) is 19.7 Å². The molecular weight excluding hydrogens is 262 g/mol. The van der Waals surface area contributed by atoms with Crippen LogP contribution in [0.25, 0.3) is 0 Å². The molecule has 0 aliphatic carbocycles. The maximum Gasteiger partial charge on any atom is 0.440 e. The molecule has 112 valence electrons. The number of carbonyl (C=O) groups is 1. The topological polar surface area (TPSA) is 59.0 Å². The first-order valence-corrected chi connectivity index (χ1v) is 9.83. The predicted molar refractivity (Wildman–Crippen MR) is 76.1 cm³/mol. The molecule has 1 heterocycles. The number of carbonyl (C=O) groups excluding carboxylic acids is 1. The Labute approximate surface area is 116 Å². The van der Waals surface area contributed by atoms with Gasteiger partial charge in [-0.15, -0.1) is 0 Å². The van der Waals surface area contributed by atoms with Crippen molar-refractivity contribution in [1.82, 2.24) is 4.90 Å². The molecule has 0 aromatic heterocycles. The Morgan fingerprint density at radius 3 is 2.58 bits per heavy atom. The van der Waals surface area contributed by atoms with E-state index in [2.05, 4.69) is 20.8 Å². The second-order valence-electron chi connectivity index (χ2n) is 6.83. The van der Waals surface area contributed by atoms with Gasteiger partial charge in [0.15, 0.2) is 0 Å². The standard InChI is InChI=1S/C13H27NO4Si/c1-13(2,3)19(4,5)18-17-12(16)14-8-6-7-11(9-14)10-15/h11,15H,6-10H2,1-5H3. The van der Waals surface area contributed by atoms with Crippen molar-refractivity contribution in [3.63, 3.8) is 0 Å². The number of aliphatic hydroxyl groups is 1. The number of hydrogen-bond acceptors (Lipinski definition) is 4. The first kappa shape index (κ1) is 16.5. The van der Waals surface area contributed by atoms with Gasteiger partial charge in [-0.3, -0.25) is 4.89 Å². The Bertz CT molecular complexity index is 314. The van der Waals surface area contributed by atoms with Gasteiger partial charge in [0.1, 0.15) is 0 Å². The molecule has 0 spiro atoms. The number of piperidine rings is 1. The summed E-state index contributed by atoms with van der Waals surface area (Å²) in [7, 11) is -2.08. The summed E-state index contributed by atoms with van der Waals surface area (Å²) in [5, 5.41) is 9.16. The number of amides is 1. The SMILES string of the molecule is CC(C)(C)[Si](C)(C)OOC(=O)N1CCCC(CO)C1. The van der Waals surface area contributed by atoms with Gasteiger partial charge in [-0.05, 0) is 36.9 Å². The number of hydrogen-bond donors (Lipinski definition) is 1. The van der Waals surface area contributed by atoms with Crippen molar-refractivity contribution in [2.75, 3.05) is 19.7 Å². The fraction of sp³-hybridized carbons (Fsp3) is 0.923. The lowest BCUT2D eigenvalue weighted by molar-refractivity contribution is -0.170. The summed E-state index contributed by atoms with van der Waals surface area (Å²) in [4.78, 5) is 18.6. The van der Waals surface area contributed by atoms with Crippen LogP contribution in [-0.4, -0.2) is 44.1 Å². The minimum absolute atomic E-state index is 0.00279. The Morgan fingerprint density at radius 2 is 2.05 bits per heavy atom. The van der Waals surface area contributed by atoms with Crippen LogP contribution in [0.2, 0.25) is 18.1 Å². The third kappa shape index (κ3) is 4.47. The molecule has 1 N–H and O–H groups in total. The normalized spacial score (nSPS) is 21.4. The molecule has 0 bridgehead atoms. The molecule has 0 aromatic carbocycles. The van der Waals surface area contributed by atoms with Crippen LogP contribution in [0.15, 0.2) is 0 Å². The van der Waals surface area contributed by atoms with Gasteiger partial charge in [0.2, 0.25) is 0 Å². The minimum Gasteiger partial charge on any atom is -0.396 e. The number of aliphatic hydroxyl groups excluding tert-OH is 1. The van der Waals surface area contributed by atoms with E-state index in [-0.39, 0.29) is 17.6 Å². The first-order valence-electron chi connectivity index (χ1n) is 6.93. The van der Waals surface area contributed by atoms with Crippen molar-refractivity contribution in [3.8, 4) is 0 Å². The van der Waals surface area contributed by atoms with E-state index < -0.39 is 14.4 Å². The molecule has 1 aliphatic rings. The molecule has 0 saturated carbocycles. The van der Waals surface area contributed by atoms with Crippen molar-refractivity contribution >= 4 is 14.4 Å². The molecule has 19 heavy (non-hydrogen) atoms. The average molecular weight is 289 g/mol. The van der Waals surface area contributed by atoms with E-state index in [1.54, 1.807) is 4.90 Å². The average Bonchev–Trinajstić information content (AvgIpc) is 2.34. The quantitative estimate of drug-likeness (QED) is 0.493. The van der Waals surface area contributed by atoms with Gasteiger partial charge < -0.3 is 10.0 Å². The summed E-state index contributed by atoms with van der Waals surface area (Å²) in [5.74, 6) is 0.161. The minimum atomic E-state index is -2.08. The summed E-state index contributed by atoms with van der Waals surface area (Å²) >= 11 is 0. The first-order chi connectivity index (χ1) is 8.67. The molecule has 0 radical (unpaired) electrons. The van der Waals surface area contributed by atoms with Crippen LogP contribution in [0.5, 0.6) is 0 Å². The highest BCUT2D eigenvalue weighted by Gasteiger charge is 2.40. The fourth-order valence-electron chi connectivity index (χ4n) is 1.70. The Balaban J connectivity index is 2.47. The third-order valence-corrected chi connectivity index (χ3v) is 8.28. The van der Waals surface area contributed by atoms with E-state index in [9.17, 15) is 4.79 Å². The van der Waals surface area contributed by atoms with Crippen molar-refractivity contribution in [1.29, 1.82) is 0 Å². The van der Waals surface area contributed by atoms with E-state index >= 15 is 0 Å². The van der Waals surface area contributed by atoms with Crippen LogP contribution in [-0.2, 0) is 9.46 Å². The summed E-state index contributed by atoms with van der Waals surface area (Å²) in [6.07, 6.45) is 1.44. The molecular formula is C13H27NO4Si. The fourth-order valence-corrected chi connectivity index (χ4v) is 2.23. The van der Waals surface area contributed by atoms with Crippen molar-refractivity contribution < 1.29 is 19.4 Å². The molecule has 1 fully saturated rings. The van der Waals surface area contributed by atoms with Crippen LogP contribution < -0.4 is 0 Å². The summed E-state index contributed by atoms with van der Waals surface area (Å²) in [5.41, 5.74) is 0. The Hall–Kier alpha value is -0.593. The molecule has 1 atom stereocenters. The van der Waals surface area contributed by atoms with Crippen LogP contribution in [0.1, 0.15) is 33.6 Å². The van der Waals surface area contributed by atoms with Crippen molar-refractivity contribution in [2.45, 2.75) is 51.7 Å². The van der Waals surface area contributed by atoms with Crippen LogP contribution in [0.3, 0.4) is 0 Å². The van der Waals surface area contributed by atoms with Gasteiger partial charge in [0.05, 0.1) is 0 Å². The predicted octanol–water partition coefficient (Wildman–Crippen LogP) is 2.76. The number of likely N-dealkylation sites (tertiary alicyclic amines) is 1. The van der Waals surface area contributed by atoms with Crippen LogP contribution in [0, 0.1) is 5.92 Å². The van der Waals surface area contributed by atoms with Crippen LogP contribution in [0.4, 0.5) is 4.79 Å². The molecule has 1 aliphatic heterocycles. The molecule has 1 saturated heterocycles. The highest BCUT2D eigenvalue weighted by Crippen LogP contribution is 2.36. The monoisotopic (exact) mass is 289 g/mol. The highest BCUT2D eigenvalue weighted by atomic mass is 28.4. The van der Waals surface area contributed by atoms with E-state index in [1.165, 1.54) is 0 Å². The van der Waals surface area contributed by atoms with Gasteiger partial charge in [-0.1, -0.05) is 20.8 Å². The Morgan fingerprint density at radius 1 is 1.42 bits per heavy atom. The molecule has 5 nitrogen and oxygen atoms in total. The van der Waals surface area contributed by atoms with Gasteiger partial charge >= 0.3 is 6.09 Å². The molecule has 1 rings (SSSR count). The van der Waals surface area contributed by atoms with E-state index in [4.69, 9.17) is 14.6 Å². The number of rotatable bonds is 3. The molecule has 1 unspecified atom stereocenters. The van der Waals surface area contributed by atoms with Gasteiger partial charge in [0.25, 0.3) is 8.32 Å². The van der Waals surface area contributed by atoms with E-state index in [1.807, 2.05) is 13.1 Å². The second-order valence-corrected chi connectivity index (χ2v) is 11.5. The largest absolute Gasteiger partial charge is 0.440 e. The smallest absolute Gasteiger partial charge is 0.396 e. The summed E-state index contributed by atoms with van der Waals surface area (Å²) in [6, 6.07) is 0. The maximum atomic E-state index is 12.0. The van der Waals surface area contributed by atoms with Crippen LogP contribution >= 0.6 is 0 Å². The summed E-state index contributed by atoms with van der Waals surface area (Å²) < 4.78 is 5.46. The Kier molecular flexibility index (Phi) is 5.40. The molecule has 6 heteroatoms. The zero-order valence-electron chi connectivity index (χ0n) is 12.7. The number of nitrogens with zero attached hydrogens (tertiary/aromatic N) is 1. The van der Waals surface area contributed by atoms with Crippen molar-refractivity contribution in [2.24, 2.45) is 5.92 Å². The molecule has 0 aromatic rings. The van der Waals surface area contributed by atoms with E-state index in [0.717, 1.165) is 12.8 Å². The maximum absolute atomic E-state index is 12.0. The van der Waals surface area contributed by atoms with Gasteiger partial charge in [-0.2, -0.15) is 0 Å². The van der Waals surface area contributed by atoms with E-state index in [0.29, 0.717) is 13.1 Å². The lowest BCUT2D eigenvalue weighted by Crippen LogP contribution is -2.45. The van der Waals surface area contributed by atoms with Gasteiger partial charge in [-0.25, -0.2) is 9.37 Å². The third-order valence-electron chi connectivity index (χ3n) is 4.16. The highest BCUT2D eigenvalue weighted by molar-refractivity contribution is 6.73. The lowest BCUT2D eigenvalue weighted by atomic mass is 10.00.